The molecule has 1 rings (SSSR count). The number of amides is 1. The van der Waals surface area contributed by atoms with Crippen LogP contribution >= 0.6 is 0 Å². The molecule has 13 heavy (non-hydrogen) atoms. The molecule has 0 aliphatic rings. The molecule has 0 fully saturated rings. The lowest BCUT2D eigenvalue weighted by Crippen LogP contribution is -1.98. The Hall–Kier alpha value is -1.80. The quantitative estimate of drug-likeness (QED) is 0.367. The maximum Gasteiger partial charge on any atom is 0.249 e. The van der Waals surface area contributed by atoms with Crippen LogP contribution in [0.3, 0.4) is 0 Å². The highest BCUT2D eigenvalue weighted by Crippen LogP contribution is 2.13. The first kappa shape index (κ1) is 9.29. The molecule has 66 valence electrons. The van der Waals surface area contributed by atoms with Crippen molar-refractivity contribution in [3.05, 3.63) is 45.3 Å². The molecule has 4 nitrogen and oxygen atoms in total. The van der Waals surface area contributed by atoms with Crippen molar-refractivity contribution < 1.29 is 4.79 Å². The van der Waals surface area contributed by atoms with Crippen molar-refractivity contribution in [2.75, 3.05) is 0 Å². The van der Waals surface area contributed by atoms with Gasteiger partial charge in [-0.25, -0.2) is 0 Å². The fourth-order valence-electron chi connectivity index (χ4n) is 1.08. The molecule has 0 atom stereocenters. The minimum absolute atomic E-state index is 0.470. The van der Waals surface area contributed by atoms with Crippen LogP contribution in [0.15, 0.2) is 23.3 Å². The molecule has 1 aromatic rings. The van der Waals surface area contributed by atoms with Gasteiger partial charge in [-0.3, -0.25) is 4.79 Å². The minimum Gasteiger partial charge on any atom is -0.287 e. The minimum atomic E-state index is -0.524. The second-order valence-corrected chi connectivity index (χ2v) is 2.74. The van der Waals surface area contributed by atoms with E-state index in [2.05, 4.69) is 10.0 Å². The molecule has 4 heteroatoms. The topological polar surface area (TPSA) is 65.8 Å². The summed E-state index contributed by atoms with van der Waals surface area (Å²) < 4.78 is 0. The van der Waals surface area contributed by atoms with Crippen molar-refractivity contribution in [3.8, 4) is 0 Å². The number of rotatable bonds is 1. The third kappa shape index (κ3) is 1.86. The molecule has 0 spiro atoms. The van der Waals surface area contributed by atoms with Crippen molar-refractivity contribution in [1.82, 2.24) is 0 Å². The van der Waals surface area contributed by atoms with Crippen molar-refractivity contribution in [3.63, 3.8) is 0 Å². The lowest BCUT2D eigenvalue weighted by atomic mass is 10.0. The first-order chi connectivity index (χ1) is 6.16. The SMILES string of the molecule is Cc1cccc(C(=O)N=[N+]=[N-])c1C. The second kappa shape index (κ2) is 3.74. The Morgan fingerprint density at radius 2 is 2.15 bits per heavy atom. The fourth-order valence-corrected chi connectivity index (χ4v) is 1.08. The van der Waals surface area contributed by atoms with Gasteiger partial charge in [-0.05, 0) is 35.6 Å². The summed E-state index contributed by atoms with van der Waals surface area (Å²) in [4.78, 5) is 13.7. The number of azide groups is 1. The number of benzene rings is 1. The average molecular weight is 175 g/mol. The Bertz CT molecular complexity index is 392. The van der Waals surface area contributed by atoms with E-state index in [1.165, 1.54) is 0 Å². The lowest BCUT2D eigenvalue weighted by Gasteiger charge is -2.03. The number of hydrogen-bond acceptors (Lipinski definition) is 1. The normalized spacial score (nSPS) is 9.08. The molecule has 0 heterocycles. The maximum atomic E-state index is 11.2. The Morgan fingerprint density at radius 3 is 2.77 bits per heavy atom. The third-order valence-electron chi connectivity index (χ3n) is 1.97. The summed E-state index contributed by atoms with van der Waals surface area (Å²) >= 11 is 0. The summed E-state index contributed by atoms with van der Waals surface area (Å²) in [6.07, 6.45) is 0. The monoisotopic (exact) mass is 175 g/mol. The molecule has 0 saturated carbocycles. The van der Waals surface area contributed by atoms with Crippen LogP contribution in [0.1, 0.15) is 21.5 Å². The van der Waals surface area contributed by atoms with E-state index < -0.39 is 5.91 Å². The molecular weight excluding hydrogens is 166 g/mol. The summed E-state index contributed by atoms with van der Waals surface area (Å²) in [5, 5.41) is 3.04. The van der Waals surface area contributed by atoms with E-state index in [1.807, 2.05) is 19.9 Å². The first-order valence-corrected chi connectivity index (χ1v) is 3.82. The Balaban J connectivity index is 3.22. The molecular formula is C9H9N3O. The van der Waals surface area contributed by atoms with Gasteiger partial charge in [-0.2, -0.15) is 0 Å². The number of carbonyl (C=O) groups excluding carboxylic acids is 1. The summed E-state index contributed by atoms with van der Waals surface area (Å²) in [6.45, 7) is 3.73. The molecule has 1 aromatic carbocycles. The van der Waals surface area contributed by atoms with Crippen molar-refractivity contribution in [2.45, 2.75) is 13.8 Å². The molecule has 0 N–H and O–H groups in total. The number of hydrogen-bond donors (Lipinski definition) is 0. The highest BCUT2D eigenvalue weighted by Gasteiger charge is 2.06. The van der Waals surface area contributed by atoms with E-state index in [-0.39, 0.29) is 0 Å². The fraction of sp³-hybridized carbons (Fsp3) is 0.222. The van der Waals surface area contributed by atoms with Crippen LogP contribution in [-0.4, -0.2) is 5.91 Å². The standard InChI is InChI=1S/C9H9N3O/c1-6-4-3-5-8(7(6)2)9(13)11-12-10/h3-5H,1-2H3. The van der Waals surface area contributed by atoms with E-state index in [0.29, 0.717) is 5.56 Å². The molecule has 0 aliphatic heterocycles. The van der Waals surface area contributed by atoms with E-state index in [1.54, 1.807) is 12.1 Å². The van der Waals surface area contributed by atoms with Crippen LogP contribution in [-0.2, 0) is 0 Å². The molecule has 1 amide bonds. The Morgan fingerprint density at radius 1 is 1.46 bits per heavy atom. The van der Waals surface area contributed by atoms with Crippen LogP contribution in [0.5, 0.6) is 0 Å². The lowest BCUT2D eigenvalue weighted by molar-refractivity contribution is 0.0999. The Labute approximate surface area is 75.8 Å². The predicted molar refractivity (Wildman–Crippen MR) is 49.4 cm³/mol. The van der Waals surface area contributed by atoms with Gasteiger partial charge < -0.3 is 0 Å². The van der Waals surface area contributed by atoms with Crippen molar-refractivity contribution in [1.29, 1.82) is 0 Å². The third-order valence-corrected chi connectivity index (χ3v) is 1.97. The zero-order chi connectivity index (χ0) is 9.84. The molecule has 0 bridgehead atoms. The summed E-state index contributed by atoms with van der Waals surface area (Å²) in [6, 6.07) is 5.32. The molecule has 0 radical (unpaired) electrons. The van der Waals surface area contributed by atoms with Gasteiger partial charge in [-0.15, -0.1) is 0 Å². The largest absolute Gasteiger partial charge is 0.287 e. The van der Waals surface area contributed by atoms with Gasteiger partial charge in [0.2, 0.25) is 5.91 Å². The van der Waals surface area contributed by atoms with Gasteiger partial charge in [-0.1, -0.05) is 18.2 Å². The molecule has 0 aromatic heterocycles. The van der Waals surface area contributed by atoms with Gasteiger partial charge in [0.15, 0.2) is 0 Å². The van der Waals surface area contributed by atoms with Crippen LogP contribution in [0.4, 0.5) is 0 Å². The summed E-state index contributed by atoms with van der Waals surface area (Å²) in [5.74, 6) is -0.524. The summed E-state index contributed by atoms with van der Waals surface area (Å²) in [7, 11) is 0. The van der Waals surface area contributed by atoms with E-state index >= 15 is 0 Å². The van der Waals surface area contributed by atoms with E-state index in [0.717, 1.165) is 11.1 Å². The average Bonchev–Trinajstić information content (AvgIpc) is 2.10. The number of carbonyl (C=O) groups is 1. The molecule has 0 saturated heterocycles. The van der Waals surface area contributed by atoms with E-state index in [9.17, 15) is 4.79 Å². The van der Waals surface area contributed by atoms with Gasteiger partial charge in [0.05, 0.1) is 0 Å². The number of aryl methyl sites for hydroxylation is 1. The van der Waals surface area contributed by atoms with Crippen LogP contribution < -0.4 is 0 Å². The van der Waals surface area contributed by atoms with Crippen LogP contribution in [0, 0.1) is 13.8 Å². The maximum absolute atomic E-state index is 11.2. The van der Waals surface area contributed by atoms with Crippen LogP contribution in [0.25, 0.3) is 10.4 Å². The zero-order valence-electron chi connectivity index (χ0n) is 7.48. The van der Waals surface area contributed by atoms with Gasteiger partial charge in [0, 0.05) is 10.5 Å². The van der Waals surface area contributed by atoms with Gasteiger partial charge >= 0.3 is 0 Å². The molecule has 0 aliphatic carbocycles. The zero-order valence-corrected chi connectivity index (χ0v) is 7.48. The van der Waals surface area contributed by atoms with E-state index in [4.69, 9.17) is 5.53 Å². The predicted octanol–water partition coefficient (Wildman–Crippen LogP) is 2.75. The van der Waals surface area contributed by atoms with Gasteiger partial charge in [0.25, 0.3) is 0 Å². The highest BCUT2D eigenvalue weighted by molar-refractivity contribution is 5.96. The van der Waals surface area contributed by atoms with Crippen molar-refractivity contribution in [2.24, 2.45) is 5.11 Å². The van der Waals surface area contributed by atoms with Gasteiger partial charge in [0.1, 0.15) is 0 Å². The van der Waals surface area contributed by atoms with Crippen LogP contribution in [0.2, 0.25) is 0 Å². The number of nitrogens with zero attached hydrogens (tertiary/aromatic N) is 3. The smallest absolute Gasteiger partial charge is 0.249 e. The highest BCUT2D eigenvalue weighted by atomic mass is 16.1. The second-order valence-electron chi connectivity index (χ2n) is 2.74. The van der Waals surface area contributed by atoms with Crippen molar-refractivity contribution >= 4 is 5.91 Å². The first-order valence-electron chi connectivity index (χ1n) is 3.82. The summed E-state index contributed by atoms with van der Waals surface area (Å²) in [5.41, 5.74) is 10.4. The Kier molecular flexibility index (Phi) is 2.67. The molecule has 0 unspecified atom stereocenters.